The van der Waals surface area contributed by atoms with Crippen molar-refractivity contribution >= 4 is 34.6 Å². The molecule has 2 heterocycles. The predicted molar refractivity (Wildman–Crippen MR) is 163 cm³/mol. The maximum Gasteiger partial charge on any atom is 0.321 e. The molecule has 0 aliphatic carbocycles. The van der Waals surface area contributed by atoms with E-state index in [1.165, 1.54) is 4.85 Å². The molecular formula is C33H37N5O6. The molecule has 1 amide bonds. The molecule has 11 nitrogen and oxygen atoms in total. The molecule has 0 N–H and O–H groups in total. The van der Waals surface area contributed by atoms with Crippen LogP contribution in [-0.4, -0.2) is 71.8 Å². The van der Waals surface area contributed by atoms with E-state index < -0.39 is 35.8 Å². The molecule has 2 unspecified atom stereocenters. The molecule has 0 spiro atoms. The number of para-hydroxylation sites is 1. The van der Waals surface area contributed by atoms with Gasteiger partial charge in [-0.1, -0.05) is 59.4 Å². The van der Waals surface area contributed by atoms with Gasteiger partial charge in [0.2, 0.25) is 5.91 Å². The van der Waals surface area contributed by atoms with Gasteiger partial charge in [0.15, 0.2) is 12.0 Å². The van der Waals surface area contributed by atoms with E-state index in [1.54, 1.807) is 18.7 Å². The second-order valence-corrected chi connectivity index (χ2v) is 10.8. The molecule has 3 atom stereocenters. The number of likely N-dealkylation sites (tertiary alicyclic amines) is 1. The minimum absolute atomic E-state index is 0.0465. The minimum atomic E-state index is -1.48. The summed E-state index contributed by atoms with van der Waals surface area (Å²) in [6.07, 6.45) is -0.808. The molecule has 1 aliphatic heterocycles. The Labute approximate surface area is 256 Å². The van der Waals surface area contributed by atoms with Crippen molar-refractivity contribution in [2.75, 3.05) is 38.8 Å². The van der Waals surface area contributed by atoms with E-state index in [0.29, 0.717) is 17.6 Å². The van der Waals surface area contributed by atoms with Crippen molar-refractivity contribution in [2.45, 2.75) is 26.5 Å². The van der Waals surface area contributed by atoms with E-state index >= 15 is 0 Å². The number of esters is 2. The van der Waals surface area contributed by atoms with E-state index in [4.69, 9.17) is 14.3 Å². The fourth-order valence-electron chi connectivity index (χ4n) is 5.71. The fourth-order valence-corrected chi connectivity index (χ4v) is 5.71. The van der Waals surface area contributed by atoms with Crippen LogP contribution in [0.25, 0.3) is 11.0 Å². The van der Waals surface area contributed by atoms with Crippen molar-refractivity contribution in [2.24, 2.45) is 17.8 Å². The number of hydrogen-bond donors (Lipinski definition) is 0. The lowest BCUT2D eigenvalue weighted by Gasteiger charge is -2.30. The molecule has 1 aromatic heterocycles. The van der Waals surface area contributed by atoms with Gasteiger partial charge in [-0.3, -0.25) is 14.4 Å². The van der Waals surface area contributed by atoms with Crippen LogP contribution in [0.3, 0.4) is 0 Å². The van der Waals surface area contributed by atoms with Crippen molar-refractivity contribution in [1.29, 1.82) is 0 Å². The minimum Gasteiger partial charge on any atom is -0.465 e. The average Bonchev–Trinajstić information content (AvgIpc) is 3.57. The van der Waals surface area contributed by atoms with Gasteiger partial charge in [0.25, 0.3) is 0 Å². The third-order valence-corrected chi connectivity index (χ3v) is 7.81. The van der Waals surface area contributed by atoms with Crippen LogP contribution < -0.4 is 9.74 Å². The molecule has 0 radical (unpaired) electrons. The summed E-state index contributed by atoms with van der Waals surface area (Å²) in [6, 6.07) is 24.7. The zero-order chi connectivity index (χ0) is 31.2. The summed E-state index contributed by atoms with van der Waals surface area (Å²) in [5.41, 5.74) is 3.90. The van der Waals surface area contributed by atoms with Crippen LogP contribution in [0, 0.1) is 17.8 Å². The smallest absolute Gasteiger partial charge is 0.321 e. The first kappa shape index (κ1) is 30.5. The number of anilines is 1. The Balaban J connectivity index is 1.63. The van der Waals surface area contributed by atoms with Gasteiger partial charge in [-0.25, -0.2) is 0 Å². The number of aromatic nitrogens is 3. The summed E-state index contributed by atoms with van der Waals surface area (Å²) in [6.45, 7) is 3.91. The molecule has 1 aliphatic rings. The Morgan fingerprint density at radius 3 is 2.18 bits per heavy atom. The quantitative estimate of drug-likeness (QED) is 0.178. The summed E-state index contributed by atoms with van der Waals surface area (Å²) in [7, 11) is 3.89. The Morgan fingerprint density at radius 2 is 1.55 bits per heavy atom. The molecule has 44 heavy (non-hydrogen) atoms. The normalized spacial score (nSPS) is 17.1. The topological polar surface area (TPSA) is 116 Å². The molecule has 11 heteroatoms. The molecule has 0 bridgehead atoms. The number of benzene rings is 3. The number of hydrogen-bond acceptors (Lipinski definition) is 9. The maximum atomic E-state index is 14.3. The van der Waals surface area contributed by atoms with Gasteiger partial charge < -0.3 is 24.1 Å². The summed E-state index contributed by atoms with van der Waals surface area (Å²) < 4.78 is 10.7. The summed E-state index contributed by atoms with van der Waals surface area (Å²) in [4.78, 5) is 52.7. The first-order valence-electron chi connectivity index (χ1n) is 14.7. The molecule has 230 valence electrons. The van der Waals surface area contributed by atoms with Crippen molar-refractivity contribution in [3.05, 3.63) is 90.0 Å². The van der Waals surface area contributed by atoms with E-state index in [0.717, 1.165) is 16.8 Å². The Bertz CT molecular complexity index is 1570. The fraction of sp³-hybridized carbons (Fsp3) is 0.364. The van der Waals surface area contributed by atoms with Crippen molar-refractivity contribution < 1.29 is 28.7 Å². The molecule has 5 rings (SSSR count). The highest BCUT2D eigenvalue weighted by molar-refractivity contribution is 6.01. The molecule has 1 fully saturated rings. The van der Waals surface area contributed by atoms with E-state index in [9.17, 15) is 14.4 Å². The van der Waals surface area contributed by atoms with Crippen molar-refractivity contribution in [3.63, 3.8) is 0 Å². The summed E-state index contributed by atoms with van der Waals surface area (Å²) >= 11 is 0. The highest BCUT2D eigenvalue weighted by atomic mass is 16.7. The summed E-state index contributed by atoms with van der Waals surface area (Å²) in [5, 5.41) is 8.47. The van der Waals surface area contributed by atoms with Gasteiger partial charge in [0.05, 0.1) is 19.1 Å². The standard InChI is InChI=1S/C33H37N5O6/c1-5-42-32(40)29(33(41)43-6-2)28-25(21-37(31(28)39)20-22-12-8-7-9-13-22)30(23-16-18-24(19-17-23)36(3)4)44-38-27-15-11-10-14-26(27)34-35-38/h7-19,25,28-30H,5-6,20-21H2,1-4H3/t25?,28-,30?/m0/s1. The number of amides is 1. The van der Waals surface area contributed by atoms with E-state index in [1.807, 2.05) is 97.9 Å². The number of fused-ring (bicyclic) bond motifs is 1. The van der Waals surface area contributed by atoms with Gasteiger partial charge in [-0.05, 0) is 54.5 Å². The number of nitrogens with zero attached hydrogens (tertiary/aromatic N) is 5. The first-order chi connectivity index (χ1) is 21.3. The van der Waals surface area contributed by atoms with Crippen LogP contribution in [0.2, 0.25) is 0 Å². The first-order valence-corrected chi connectivity index (χ1v) is 14.7. The third kappa shape index (κ3) is 6.36. The van der Waals surface area contributed by atoms with E-state index in [-0.39, 0.29) is 25.7 Å². The second kappa shape index (κ2) is 13.6. The monoisotopic (exact) mass is 599 g/mol. The number of carbonyl (C=O) groups is 3. The molecule has 3 aromatic carbocycles. The SMILES string of the molecule is CCOC(=O)C(C(=O)OCC)[C@H]1C(=O)N(Cc2ccccc2)CC1C(On1nnc2ccccc21)c1ccc(N(C)C)cc1. The lowest BCUT2D eigenvalue weighted by atomic mass is 9.78. The molecule has 4 aromatic rings. The lowest BCUT2D eigenvalue weighted by Crippen LogP contribution is -2.43. The molecule has 1 saturated heterocycles. The number of rotatable bonds is 12. The van der Waals surface area contributed by atoms with Gasteiger partial charge in [0.1, 0.15) is 11.0 Å². The van der Waals surface area contributed by atoms with Gasteiger partial charge in [0, 0.05) is 38.8 Å². The van der Waals surface area contributed by atoms with Crippen LogP contribution in [0.5, 0.6) is 0 Å². The Kier molecular flexibility index (Phi) is 9.42. The van der Waals surface area contributed by atoms with Crippen molar-refractivity contribution in [1.82, 2.24) is 20.1 Å². The molecular weight excluding hydrogens is 562 g/mol. The van der Waals surface area contributed by atoms with Gasteiger partial charge >= 0.3 is 11.9 Å². The van der Waals surface area contributed by atoms with Crippen LogP contribution in [-0.2, 0) is 30.4 Å². The molecule has 0 saturated carbocycles. The van der Waals surface area contributed by atoms with Crippen LogP contribution in [0.4, 0.5) is 5.69 Å². The maximum absolute atomic E-state index is 14.3. The average molecular weight is 600 g/mol. The van der Waals surface area contributed by atoms with Crippen LogP contribution >= 0.6 is 0 Å². The van der Waals surface area contributed by atoms with Crippen LogP contribution in [0.1, 0.15) is 31.1 Å². The Hall–Kier alpha value is -4.93. The van der Waals surface area contributed by atoms with Crippen LogP contribution in [0.15, 0.2) is 78.9 Å². The van der Waals surface area contributed by atoms with Gasteiger partial charge in [-0.2, -0.15) is 0 Å². The largest absolute Gasteiger partial charge is 0.465 e. The second-order valence-electron chi connectivity index (χ2n) is 10.8. The van der Waals surface area contributed by atoms with E-state index in [2.05, 4.69) is 10.3 Å². The third-order valence-electron chi connectivity index (χ3n) is 7.81. The van der Waals surface area contributed by atoms with Gasteiger partial charge in [-0.15, -0.1) is 5.10 Å². The highest BCUT2D eigenvalue weighted by Gasteiger charge is 2.55. The predicted octanol–water partition coefficient (Wildman–Crippen LogP) is 3.68. The Morgan fingerprint density at radius 1 is 0.909 bits per heavy atom. The zero-order valence-corrected chi connectivity index (χ0v) is 25.3. The number of carbonyl (C=O) groups excluding carboxylic acids is 3. The lowest BCUT2D eigenvalue weighted by molar-refractivity contribution is -0.168. The highest BCUT2D eigenvalue weighted by Crippen LogP contribution is 2.42. The zero-order valence-electron chi connectivity index (χ0n) is 25.3. The van der Waals surface area contributed by atoms with Crippen molar-refractivity contribution in [3.8, 4) is 0 Å². The number of ether oxygens (including phenoxy) is 2. The summed E-state index contributed by atoms with van der Waals surface area (Å²) in [5.74, 6) is -5.23.